The number of aromatic nitrogens is 1. The summed E-state index contributed by atoms with van der Waals surface area (Å²) in [5.74, 6) is -2.78. The van der Waals surface area contributed by atoms with Crippen molar-refractivity contribution in [1.82, 2.24) is 4.98 Å². The van der Waals surface area contributed by atoms with E-state index in [9.17, 15) is 18.0 Å². The number of hydrogen-bond acceptors (Lipinski definition) is 3. The van der Waals surface area contributed by atoms with Gasteiger partial charge in [-0.3, -0.25) is 4.79 Å². The van der Waals surface area contributed by atoms with Gasteiger partial charge in [-0.2, -0.15) is 0 Å². The molecule has 2 aromatic carbocycles. The maximum atomic E-state index is 13.2. The minimum Gasteiger partial charge on any atom is -0.326 e. The molecule has 0 saturated heterocycles. The summed E-state index contributed by atoms with van der Waals surface area (Å²) in [5.41, 5.74) is 1.31. The molecule has 24 heavy (non-hydrogen) atoms. The molecule has 0 atom stereocenters. The highest BCUT2D eigenvalue weighted by Gasteiger charge is 2.11. The van der Waals surface area contributed by atoms with Crippen molar-refractivity contribution in [2.75, 3.05) is 5.32 Å². The third-order valence-electron chi connectivity index (χ3n) is 3.17. The van der Waals surface area contributed by atoms with E-state index in [0.717, 1.165) is 12.1 Å². The van der Waals surface area contributed by atoms with Crippen molar-refractivity contribution in [3.8, 4) is 10.6 Å². The number of hydrogen-bond donors (Lipinski definition) is 1. The van der Waals surface area contributed by atoms with Crippen LogP contribution in [0.2, 0.25) is 0 Å². The Labute approximate surface area is 139 Å². The van der Waals surface area contributed by atoms with E-state index in [0.29, 0.717) is 16.3 Å². The monoisotopic (exact) mass is 348 g/mol. The van der Waals surface area contributed by atoms with Crippen molar-refractivity contribution < 1.29 is 18.0 Å². The van der Waals surface area contributed by atoms with Crippen LogP contribution >= 0.6 is 11.3 Å². The lowest BCUT2D eigenvalue weighted by Crippen LogP contribution is -2.14. The number of benzene rings is 2. The minimum absolute atomic E-state index is 0.0230. The Morgan fingerprint density at radius 2 is 1.92 bits per heavy atom. The number of thiazole rings is 1. The van der Waals surface area contributed by atoms with E-state index < -0.39 is 17.5 Å². The Bertz CT molecular complexity index is 895. The van der Waals surface area contributed by atoms with Gasteiger partial charge in [-0.05, 0) is 24.3 Å². The van der Waals surface area contributed by atoms with E-state index in [-0.39, 0.29) is 17.9 Å². The lowest BCUT2D eigenvalue weighted by Gasteiger charge is -2.04. The predicted molar refractivity (Wildman–Crippen MR) is 86.2 cm³/mol. The minimum atomic E-state index is -1.03. The zero-order valence-electron chi connectivity index (χ0n) is 12.2. The summed E-state index contributed by atoms with van der Waals surface area (Å²) in [6.07, 6.45) is -0.0230. The number of carbonyl (C=O) groups excluding carboxylic acids is 1. The predicted octanol–water partition coefficient (Wildman–Crippen LogP) is 4.41. The fraction of sp³-hybridized carbons (Fsp3) is 0.0588. The van der Waals surface area contributed by atoms with Crippen molar-refractivity contribution in [2.45, 2.75) is 6.42 Å². The molecule has 0 fully saturated rings. The molecule has 3 nitrogen and oxygen atoms in total. The second kappa shape index (κ2) is 6.84. The molecule has 7 heteroatoms. The number of nitrogens with one attached hydrogen (secondary N) is 1. The first kappa shape index (κ1) is 16.2. The number of rotatable bonds is 4. The van der Waals surface area contributed by atoms with Gasteiger partial charge < -0.3 is 5.32 Å². The van der Waals surface area contributed by atoms with Gasteiger partial charge in [0.25, 0.3) is 0 Å². The molecular weight excluding hydrogens is 337 g/mol. The third-order valence-corrected chi connectivity index (χ3v) is 4.11. The normalized spacial score (nSPS) is 10.6. The quantitative estimate of drug-likeness (QED) is 0.759. The smallest absolute Gasteiger partial charge is 0.230 e. The molecule has 1 amide bonds. The van der Waals surface area contributed by atoms with Gasteiger partial charge in [0.2, 0.25) is 5.91 Å². The van der Waals surface area contributed by atoms with Crippen LogP contribution in [0.4, 0.5) is 18.9 Å². The largest absolute Gasteiger partial charge is 0.326 e. The Morgan fingerprint density at radius 3 is 2.67 bits per heavy atom. The standard InChI is InChI=1S/C17H11F3N2OS/c18-11-3-1-2-10(6-11)17-22-13(9-24-17)8-16(23)21-12-4-5-14(19)15(20)7-12/h1-7,9H,8H2,(H,21,23). The molecule has 3 rings (SSSR count). The molecular formula is C17H11F3N2OS. The van der Waals surface area contributed by atoms with Gasteiger partial charge in [0.15, 0.2) is 11.6 Å². The van der Waals surface area contributed by atoms with E-state index >= 15 is 0 Å². The third kappa shape index (κ3) is 3.80. The number of amides is 1. The molecule has 0 unspecified atom stereocenters. The van der Waals surface area contributed by atoms with Crippen LogP contribution in [0.25, 0.3) is 10.6 Å². The first-order valence-corrected chi connectivity index (χ1v) is 7.84. The average Bonchev–Trinajstić information content (AvgIpc) is 2.99. The maximum Gasteiger partial charge on any atom is 0.230 e. The SMILES string of the molecule is O=C(Cc1csc(-c2cccc(F)c2)n1)Nc1ccc(F)c(F)c1. The van der Waals surface area contributed by atoms with Crippen molar-refractivity contribution in [3.05, 3.63) is 71.0 Å². The first-order valence-electron chi connectivity index (χ1n) is 6.96. The lowest BCUT2D eigenvalue weighted by atomic mass is 10.2. The Kier molecular flexibility index (Phi) is 4.61. The van der Waals surface area contributed by atoms with Gasteiger partial charge in [-0.15, -0.1) is 11.3 Å². The van der Waals surface area contributed by atoms with Crippen LogP contribution in [0.15, 0.2) is 47.8 Å². The molecule has 0 radical (unpaired) electrons. The number of carbonyl (C=O) groups is 1. The molecule has 1 N–H and O–H groups in total. The summed E-state index contributed by atoms with van der Waals surface area (Å²) in [7, 11) is 0. The van der Waals surface area contributed by atoms with Crippen LogP contribution in [0.3, 0.4) is 0 Å². The molecule has 0 bridgehead atoms. The summed E-state index contributed by atoms with van der Waals surface area (Å²) in [6, 6.07) is 9.14. The second-order valence-electron chi connectivity index (χ2n) is 5.01. The summed E-state index contributed by atoms with van der Waals surface area (Å²) in [4.78, 5) is 16.2. The molecule has 0 spiro atoms. The molecule has 0 aliphatic rings. The number of nitrogens with zero attached hydrogens (tertiary/aromatic N) is 1. The highest BCUT2D eigenvalue weighted by molar-refractivity contribution is 7.13. The number of anilines is 1. The summed E-state index contributed by atoms with van der Waals surface area (Å²) in [6.45, 7) is 0. The number of halogens is 3. The van der Waals surface area contributed by atoms with E-state index in [1.807, 2.05) is 0 Å². The molecule has 1 heterocycles. The van der Waals surface area contributed by atoms with Crippen LogP contribution in [-0.4, -0.2) is 10.9 Å². The summed E-state index contributed by atoms with van der Waals surface area (Å²) >= 11 is 1.30. The molecule has 1 aromatic heterocycles. The molecule has 3 aromatic rings. The first-order chi connectivity index (χ1) is 11.5. The van der Waals surface area contributed by atoms with Crippen LogP contribution in [-0.2, 0) is 11.2 Å². The van der Waals surface area contributed by atoms with Gasteiger partial charge in [-0.1, -0.05) is 12.1 Å². The fourth-order valence-electron chi connectivity index (χ4n) is 2.09. The van der Waals surface area contributed by atoms with Gasteiger partial charge in [0.05, 0.1) is 12.1 Å². The topological polar surface area (TPSA) is 42.0 Å². The summed E-state index contributed by atoms with van der Waals surface area (Å²) in [5, 5.41) is 4.78. The molecule has 0 saturated carbocycles. The van der Waals surface area contributed by atoms with Crippen LogP contribution in [0.1, 0.15) is 5.69 Å². The zero-order valence-corrected chi connectivity index (χ0v) is 13.0. The second-order valence-corrected chi connectivity index (χ2v) is 5.87. The lowest BCUT2D eigenvalue weighted by molar-refractivity contribution is -0.115. The van der Waals surface area contributed by atoms with Gasteiger partial charge in [0.1, 0.15) is 10.8 Å². The van der Waals surface area contributed by atoms with Crippen LogP contribution < -0.4 is 5.32 Å². The molecule has 0 aliphatic heterocycles. The Morgan fingerprint density at radius 1 is 1.08 bits per heavy atom. The highest BCUT2D eigenvalue weighted by Crippen LogP contribution is 2.24. The fourth-order valence-corrected chi connectivity index (χ4v) is 2.90. The average molecular weight is 348 g/mol. The van der Waals surface area contributed by atoms with E-state index in [4.69, 9.17) is 0 Å². The van der Waals surface area contributed by atoms with Crippen molar-refractivity contribution >= 4 is 22.9 Å². The summed E-state index contributed by atoms with van der Waals surface area (Å²) < 4.78 is 39.2. The van der Waals surface area contributed by atoms with Gasteiger partial charge in [0, 0.05) is 22.7 Å². The zero-order chi connectivity index (χ0) is 17.1. The van der Waals surface area contributed by atoms with Crippen molar-refractivity contribution in [2.24, 2.45) is 0 Å². The van der Waals surface area contributed by atoms with E-state index in [1.54, 1.807) is 17.5 Å². The maximum absolute atomic E-state index is 13.2. The van der Waals surface area contributed by atoms with E-state index in [2.05, 4.69) is 10.3 Å². The molecule has 0 aliphatic carbocycles. The van der Waals surface area contributed by atoms with E-state index in [1.165, 1.54) is 29.5 Å². The Hall–Kier alpha value is -2.67. The van der Waals surface area contributed by atoms with Gasteiger partial charge >= 0.3 is 0 Å². The molecule has 122 valence electrons. The van der Waals surface area contributed by atoms with Crippen molar-refractivity contribution in [3.63, 3.8) is 0 Å². The van der Waals surface area contributed by atoms with Crippen LogP contribution in [0.5, 0.6) is 0 Å². The van der Waals surface area contributed by atoms with Crippen LogP contribution in [0, 0.1) is 17.5 Å². The van der Waals surface area contributed by atoms with Gasteiger partial charge in [-0.25, -0.2) is 18.2 Å². The van der Waals surface area contributed by atoms with Crippen molar-refractivity contribution in [1.29, 1.82) is 0 Å². The Balaban J connectivity index is 1.68. The highest BCUT2D eigenvalue weighted by atomic mass is 32.1.